The molecule has 6 heteroatoms. The van der Waals surface area contributed by atoms with E-state index in [1.165, 1.54) is 20.9 Å². The third kappa shape index (κ3) is 6.28. The fourth-order valence-electron chi connectivity index (χ4n) is 4.08. The number of aliphatic carboxylic acids is 1. The Hall–Kier alpha value is -3.45. The molecule has 0 aliphatic rings. The molecule has 1 N–H and O–H groups in total. The molecule has 0 fully saturated rings. The standard InChI is InChI=1S/C31H23BrO3S2/c32-27-19-21(20-31(33)34)5-14-28(27)35-16-15-26(22-6-10-24(11-7-22)29-3-1-17-36-29)23-8-12-25(13-9-23)30-4-2-18-37-30/h1-15,17-19H,16,20H2,(H,33,34). The normalized spacial score (nSPS) is 10.7. The molecule has 0 atom stereocenters. The van der Waals surface area contributed by atoms with Gasteiger partial charge >= 0.3 is 5.97 Å². The highest BCUT2D eigenvalue weighted by atomic mass is 79.9. The van der Waals surface area contributed by atoms with Crippen LogP contribution in [0.3, 0.4) is 0 Å². The van der Waals surface area contributed by atoms with Crippen LogP contribution in [0, 0.1) is 0 Å². The smallest absolute Gasteiger partial charge is 0.307 e. The minimum Gasteiger partial charge on any atom is -0.488 e. The maximum absolute atomic E-state index is 11.0. The first kappa shape index (κ1) is 25.2. The lowest BCUT2D eigenvalue weighted by atomic mass is 9.95. The highest BCUT2D eigenvalue weighted by Gasteiger charge is 2.10. The molecule has 2 aromatic heterocycles. The number of carbonyl (C=O) groups is 1. The van der Waals surface area contributed by atoms with Crippen LogP contribution in [-0.4, -0.2) is 17.7 Å². The lowest BCUT2D eigenvalue weighted by molar-refractivity contribution is -0.136. The van der Waals surface area contributed by atoms with Gasteiger partial charge in [0.05, 0.1) is 10.9 Å². The molecule has 2 heterocycles. The van der Waals surface area contributed by atoms with Crippen molar-refractivity contribution in [2.24, 2.45) is 0 Å². The fourth-order valence-corrected chi connectivity index (χ4v) is 6.08. The maximum atomic E-state index is 11.0. The lowest BCUT2D eigenvalue weighted by Crippen LogP contribution is -2.01. The van der Waals surface area contributed by atoms with Crippen LogP contribution < -0.4 is 4.74 Å². The second kappa shape index (κ2) is 11.7. The molecule has 0 unspecified atom stereocenters. The molecule has 0 saturated carbocycles. The van der Waals surface area contributed by atoms with Crippen LogP contribution >= 0.6 is 38.6 Å². The highest BCUT2D eigenvalue weighted by molar-refractivity contribution is 9.10. The van der Waals surface area contributed by atoms with E-state index in [4.69, 9.17) is 9.84 Å². The average molecular weight is 588 g/mol. The van der Waals surface area contributed by atoms with Gasteiger partial charge in [0.15, 0.2) is 0 Å². The van der Waals surface area contributed by atoms with Gasteiger partial charge < -0.3 is 9.84 Å². The lowest BCUT2D eigenvalue weighted by Gasteiger charge is -2.12. The van der Waals surface area contributed by atoms with Gasteiger partial charge in [0.25, 0.3) is 0 Å². The van der Waals surface area contributed by atoms with E-state index in [2.05, 4.69) is 106 Å². The van der Waals surface area contributed by atoms with Crippen LogP contribution in [0.25, 0.3) is 26.5 Å². The van der Waals surface area contributed by atoms with Crippen molar-refractivity contribution in [2.75, 3.05) is 6.61 Å². The Morgan fingerprint density at radius 1 is 0.811 bits per heavy atom. The van der Waals surface area contributed by atoms with E-state index in [-0.39, 0.29) is 6.42 Å². The van der Waals surface area contributed by atoms with Gasteiger partial charge in [-0.25, -0.2) is 0 Å². The van der Waals surface area contributed by atoms with Gasteiger partial charge in [0.1, 0.15) is 12.4 Å². The molecule has 0 amide bonds. The van der Waals surface area contributed by atoms with Crippen molar-refractivity contribution in [3.8, 4) is 26.6 Å². The second-order valence-corrected chi connectivity index (χ2v) is 11.1. The Kier molecular flexibility index (Phi) is 7.99. The largest absolute Gasteiger partial charge is 0.488 e. The monoisotopic (exact) mass is 586 g/mol. The van der Waals surface area contributed by atoms with Gasteiger partial charge in [-0.2, -0.15) is 0 Å². The fraction of sp³-hybridized carbons (Fsp3) is 0.0645. The van der Waals surface area contributed by atoms with E-state index in [0.717, 1.165) is 26.7 Å². The molecule has 5 rings (SSSR count). The van der Waals surface area contributed by atoms with Crippen molar-refractivity contribution >= 4 is 50.1 Å². The zero-order valence-electron chi connectivity index (χ0n) is 19.8. The number of thiophene rings is 2. The van der Waals surface area contributed by atoms with Crippen molar-refractivity contribution in [1.82, 2.24) is 0 Å². The number of carboxylic acid groups (broad SMARTS) is 1. The number of ether oxygens (including phenoxy) is 1. The summed E-state index contributed by atoms with van der Waals surface area (Å²) in [4.78, 5) is 13.5. The number of hydrogen-bond acceptors (Lipinski definition) is 4. The molecule has 0 radical (unpaired) electrons. The molecule has 3 aromatic carbocycles. The third-order valence-corrected chi connectivity index (χ3v) is 8.34. The van der Waals surface area contributed by atoms with Crippen molar-refractivity contribution in [3.05, 3.63) is 129 Å². The molecule has 3 nitrogen and oxygen atoms in total. The summed E-state index contributed by atoms with van der Waals surface area (Å²) in [6.45, 7) is 0.367. The summed E-state index contributed by atoms with van der Waals surface area (Å²) in [7, 11) is 0. The molecular weight excluding hydrogens is 564 g/mol. The van der Waals surface area contributed by atoms with E-state index >= 15 is 0 Å². The van der Waals surface area contributed by atoms with Gasteiger partial charge in [0.2, 0.25) is 0 Å². The van der Waals surface area contributed by atoms with E-state index in [0.29, 0.717) is 12.4 Å². The number of rotatable bonds is 9. The van der Waals surface area contributed by atoms with Crippen LogP contribution in [0.2, 0.25) is 0 Å². The minimum absolute atomic E-state index is 0.0220. The summed E-state index contributed by atoms with van der Waals surface area (Å²) in [6, 6.07) is 31.1. The van der Waals surface area contributed by atoms with Crippen LogP contribution in [0.1, 0.15) is 16.7 Å². The Balaban J connectivity index is 1.41. The number of halogens is 1. The zero-order chi connectivity index (χ0) is 25.6. The van der Waals surface area contributed by atoms with Crippen LogP contribution in [0.15, 0.2) is 112 Å². The van der Waals surface area contributed by atoms with E-state index in [1.807, 2.05) is 6.07 Å². The summed E-state index contributed by atoms with van der Waals surface area (Å²) in [5, 5.41) is 13.2. The molecule has 0 spiro atoms. The number of carboxylic acids is 1. The summed E-state index contributed by atoms with van der Waals surface area (Å²) >= 11 is 6.98. The number of benzene rings is 3. The molecule has 5 aromatic rings. The molecule has 0 bridgehead atoms. The van der Waals surface area contributed by atoms with Crippen LogP contribution in [-0.2, 0) is 11.2 Å². The van der Waals surface area contributed by atoms with E-state index in [1.54, 1.807) is 34.8 Å². The maximum Gasteiger partial charge on any atom is 0.307 e. The Morgan fingerprint density at radius 3 is 1.84 bits per heavy atom. The highest BCUT2D eigenvalue weighted by Crippen LogP contribution is 2.32. The predicted molar refractivity (Wildman–Crippen MR) is 158 cm³/mol. The van der Waals surface area contributed by atoms with Crippen molar-refractivity contribution in [1.29, 1.82) is 0 Å². The predicted octanol–water partition coefficient (Wildman–Crippen LogP) is 9.04. The van der Waals surface area contributed by atoms with Gasteiger partial charge in [-0.3, -0.25) is 4.79 Å². The van der Waals surface area contributed by atoms with E-state index < -0.39 is 5.97 Å². The first-order valence-electron chi connectivity index (χ1n) is 11.7. The first-order valence-corrected chi connectivity index (χ1v) is 14.2. The molecule has 0 aliphatic carbocycles. The summed E-state index contributed by atoms with van der Waals surface area (Å²) < 4.78 is 6.81. The number of hydrogen-bond donors (Lipinski definition) is 1. The van der Waals surface area contributed by atoms with Crippen molar-refractivity contribution in [2.45, 2.75) is 6.42 Å². The van der Waals surface area contributed by atoms with Crippen LogP contribution in [0.4, 0.5) is 0 Å². The molecule has 0 saturated heterocycles. The van der Waals surface area contributed by atoms with Gasteiger partial charge in [0, 0.05) is 9.75 Å². The Bertz CT molecular complexity index is 1420. The van der Waals surface area contributed by atoms with Gasteiger partial charge in [-0.05, 0) is 90.4 Å². The summed E-state index contributed by atoms with van der Waals surface area (Å²) in [5.74, 6) is -0.186. The van der Waals surface area contributed by atoms with Crippen molar-refractivity contribution in [3.63, 3.8) is 0 Å². The SMILES string of the molecule is O=C(O)Cc1ccc(OCC=C(c2ccc(-c3cccs3)cc2)c2ccc(-c3cccs3)cc2)c(Br)c1. The molecule has 184 valence electrons. The first-order chi connectivity index (χ1) is 18.1. The van der Waals surface area contributed by atoms with E-state index in [9.17, 15) is 4.79 Å². The molecule has 37 heavy (non-hydrogen) atoms. The summed E-state index contributed by atoms with van der Waals surface area (Å²) in [6.07, 6.45) is 2.07. The second-order valence-electron chi connectivity index (χ2n) is 8.37. The summed E-state index contributed by atoms with van der Waals surface area (Å²) in [5.41, 5.74) is 6.45. The topological polar surface area (TPSA) is 46.5 Å². The van der Waals surface area contributed by atoms with Crippen LogP contribution in [0.5, 0.6) is 5.75 Å². The Labute approximate surface area is 232 Å². The molecule has 0 aliphatic heterocycles. The average Bonchev–Trinajstić information content (AvgIpc) is 3.63. The molecular formula is C31H23BrO3S2. The third-order valence-electron chi connectivity index (χ3n) is 5.88. The minimum atomic E-state index is -0.858. The van der Waals surface area contributed by atoms with Gasteiger partial charge in [-0.1, -0.05) is 66.7 Å². The van der Waals surface area contributed by atoms with Gasteiger partial charge in [-0.15, -0.1) is 22.7 Å². The zero-order valence-corrected chi connectivity index (χ0v) is 23.0. The van der Waals surface area contributed by atoms with Crippen molar-refractivity contribution < 1.29 is 14.6 Å². The quantitative estimate of drug-likeness (QED) is 0.187. The Morgan fingerprint density at radius 2 is 1.38 bits per heavy atom.